The Hall–Kier alpha value is -0.620. The lowest BCUT2D eigenvalue weighted by Gasteiger charge is -2.15. The van der Waals surface area contributed by atoms with E-state index in [1.807, 2.05) is 18.5 Å². The van der Waals surface area contributed by atoms with E-state index in [0.717, 1.165) is 17.9 Å². The number of aryl methyl sites for hydroxylation is 2. The van der Waals surface area contributed by atoms with Crippen LogP contribution in [0.1, 0.15) is 18.3 Å². The lowest BCUT2D eigenvalue weighted by molar-refractivity contribution is 0.127. The van der Waals surface area contributed by atoms with Crippen molar-refractivity contribution < 1.29 is 9.84 Å². The molecule has 5 nitrogen and oxygen atoms in total. The van der Waals surface area contributed by atoms with Crippen molar-refractivity contribution in [3.8, 4) is 0 Å². The number of aliphatic hydroxyl groups is 1. The molecule has 1 atom stereocenters. The fraction of sp³-hybridized carbons (Fsp3) is 0.727. The molecule has 0 bridgehead atoms. The summed E-state index contributed by atoms with van der Waals surface area (Å²) in [5, 5.41) is 17.4. The molecular formula is C11H20ClN3O2. The standard InChI is InChI=1S/C11H20ClN3O2/c1-4-15-10(11(12)8(2)14-15)5-13-9(6-16)7-17-3/h9,13,16H,4-7H2,1-3H3. The summed E-state index contributed by atoms with van der Waals surface area (Å²) in [5.41, 5.74) is 1.78. The lowest BCUT2D eigenvalue weighted by atomic mass is 10.3. The Morgan fingerprint density at radius 3 is 2.82 bits per heavy atom. The molecule has 0 spiro atoms. The van der Waals surface area contributed by atoms with Crippen LogP contribution in [0.5, 0.6) is 0 Å². The number of aromatic nitrogens is 2. The van der Waals surface area contributed by atoms with Crippen molar-refractivity contribution in [2.75, 3.05) is 20.3 Å². The van der Waals surface area contributed by atoms with Crippen molar-refractivity contribution in [1.29, 1.82) is 0 Å². The van der Waals surface area contributed by atoms with Crippen LogP contribution in [0.4, 0.5) is 0 Å². The molecule has 1 aromatic rings. The van der Waals surface area contributed by atoms with E-state index in [0.29, 0.717) is 18.2 Å². The molecule has 1 unspecified atom stereocenters. The van der Waals surface area contributed by atoms with Crippen LogP contribution in [0, 0.1) is 6.92 Å². The molecule has 0 saturated heterocycles. The first-order chi connectivity index (χ1) is 8.13. The minimum Gasteiger partial charge on any atom is -0.395 e. The van der Waals surface area contributed by atoms with E-state index in [4.69, 9.17) is 21.4 Å². The molecule has 0 saturated carbocycles. The molecule has 17 heavy (non-hydrogen) atoms. The predicted octanol–water partition coefficient (Wildman–Crippen LogP) is 0.962. The third-order valence-corrected chi connectivity index (χ3v) is 3.09. The van der Waals surface area contributed by atoms with Crippen LogP contribution in [0.3, 0.4) is 0 Å². The normalized spacial score (nSPS) is 13.0. The summed E-state index contributed by atoms with van der Waals surface area (Å²) >= 11 is 6.18. The van der Waals surface area contributed by atoms with Crippen LogP contribution in [0.15, 0.2) is 0 Å². The third kappa shape index (κ3) is 3.67. The Kier molecular flexibility index (Phi) is 5.91. The number of aliphatic hydroxyl groups excluding tert-OH is 1. The van der Waals surface area contributed by atoms with Crippen LogP contribution >= 0.6 is 11.6 Å². The minimum atomic E-state index is -0.0865. The Labute approximate surface area is 107 Å². The highest BCUT2D eigenvalue weighted by Crippen LogP contribution is 2.20. The number of methoxy groups -OCH3 is 1. The van der Waals surface area contributed by atoms with E-state index in [1.54, 1.807) is 7.11 Å². The Morgan fingerprint density at radius 2 is 2.29 bits per heavy atom. The van der Waals surface area contributed by atoms with Gasteiger partial charge >= 0.3 is 0 Å². The number of nitrogens with one attached hydrogen (secondary N) is 1. The van der Waals surface area contributed by atoms with Gasteiger partial charge in [0.2, 0.25) is 0 Å². The Bertz CT molecular complexity index is 355. The summed E-state index contributed by atoms with van der Waals surface area (Å²) < 4.78 is 6.86. The number of rotatable bonds is 7. The quantitative estimate of drug-likeness (QED) is 0.768. The summed E-state index contributed by atoms with van der Waals surface area (Å²) in [6, 6.07) is -0.0865. The molecule has 6 heteroatoms. The fourth-order valence-corrected chi connectivity index (χ4v) is 1.86. The zero-order valence-corrected chi connectivity index (χ0v) is 11.3. The molecular weight excluding hydrogens is 242 g/mol. The maximum absolute atomic E-state index is 9.14. The largest absolute Gasteiger partial charge is 0.395 e. The average molecular weight is 262 g/mol. The van der Waals surface area contributed by atoms with E-state index >= 15 is 0 Å². The molecule has 0 aliphatic rings. The highest BCUT2D eigenvalue weighted by molar-refractivity contribution is 6.31. The highest BCUT2D eigenvalue weighted by Gasteiger charge is 2.14. The van der Waals surface area contributed by atoms with Gasteiger partial charge in [-0.1, -0.05) is 11.6 Å². The maximum Gasteiger partial charge on any atom is 0.0860 e. The van der Waals surface area contributed by atoms with Gasteiger partial charge in [-0.3, -0.25) is 4.68 Å². The summed E-state index contributed by atoms with van der Waals surface area (Å²) in [7, 11) is 1.61. The number of halogens is 1. The second kappa shape index (κ2) is 6.96. The molecule has 1 aromatic heterocycles. The average Bonchev–Trinajstić information content (AvgIpc) is 2.61. The van der Waals surface area contributed by atoms with E-state index in [-0.39, 0.29) is 12.6 Å². The molecule has 1 rings (SSSR count). The Balaban J connectivity index is 2.67. The molecule has 1 heterocycles. The topological polar surface area (TPSA) is 59.3 Å². The number of nitrogens with zero attached hydrogens (tertiary/aromatic N) is 2. The first-order valence-corrected chi connectivity index (χ1v) is 6.06. The molecule has 0 aliphatic heterocycles. The lowest BCUT2D eigenvalue weighted by Crippen LogP contribution is -2.36. The highest BCUT2D eigenvalue weighted by atomic mass is 35.5. The molecule has 0 aliphatic carbocycles. The molecule has 0 fully saturated rings. The van der Waals surface area contributed by atoms with Gasteiger partial charge in [-0.2, -0.15) is 5.10 Å². The first kappa shape index (κ1) is 14.4. The van der Waals surface area contributed by atoms with Crippen molar-refractivity contribution in [3.05, 3.63) is 16.4 Å². The maximum atomic E-state index is 9.14. The zero-order valence-electron chi connectivity index (χ0n) is 10.5. The van der Waals surface area contributed by atoms with Crippen molar-refractivity contribution in [1.82, 2.24) is 15.1 Å². The predicted molar refractivity (Wildman–Crippen MR) is 67.2 cm³/mol. The molecule has 0 aromatic carbocycles. The number of hydrogen-bond acceptors (Lipinski definition) is 4. The summed E-state index contributed by atoms with van der Waals surface area (Å²) in [5.74, 6) is 0. The van der Waals surface area contributed by atoms with Gasteiger partial charge in [0, 0.05) is 20.2 Å². The van der Waals surface area contributed by atoms with Gasteiger partial charge < -0.3 is 15.2 Å². The van der Waals surface area contributed by atoms with Gasteiger partial charge in [0.15, 0.2) is 0 Å². The van der Waals surface area contributed by atoms with Gasteiger partial charge in [0.25, 0.3) is 0 Å². The van der Waals surface area contributed by atoms with E-state index in [1.165, 1.54) is 0 Å². The van der Waals surface area contributed by atoms with E-state index < -0.39 is 0 Å². The van der Waals surface area contributed by atoms with Gasteiger partial charge in [0.1, 0.15) is 0 Å². The monoisotopic (exact) mass is 261 g/mol. The SMILES string of the molecule is CCn1nc(C)c(Cl)c1CNC(CO)COC. The summed E-state index contributed by atoms with van der Waals surface area (Å²) in [4.78, 5) is 0. The molecule has 0 amide bonds. The van der Waals surface area contributed by atoms with Crippen LogP contribution in [-0.4, -0.2) is 41.3 Å². The van der Waals surface area contributed by atoms with Crippen LogP contribution in [0.25, 0.3) is 0 Å². The van der Waals surface area contributed by atoms with Crippen molar-refractivity contribution in [3.63, 3.8) is 0 Å². The fourth-order valence-electron chi connectivity index (χ4n) is 1.66. The third-order valence-electron chi connectivity index (χ3n) is 2.60. The first-order valence-electron chi connectivity index (χ1n) is 5.68. The summed E-state index contributed by atoms with van der Waals surface area (Å²) in [6.45, 7) is 5.75. The Morgan fingerprint density at radius 1 is 1.59 bits per heavy atom. The molecule has 98 valence electrons. The van der Waals surface area contributed by atoms with Crippen molar-refractivity contribution >= 4 is 11.6 Å². The second-order valence-electron chi connectivity index (χ2n) is 3.88. The second-order valence-corrected chi connectivity index (χ2v) is 4.26. The molecule has 0 radical (unpaired) electrons. The van der Waals surface area contributed by atoms with Gasteiger partial charge in [-0.15, -0.1) is 0 Å². The van der Waals surface area contributed by atoms with E-state index in [2.05, 4.69) is 10.4 Å². The zero-order chi connectivity index (χ0) is 12.8. The van der Waals surface area contributed by atoms with Crippen molar-refractivity contribution in [2.24, 2.45) is 0 Å². The molecule has 2 N–H and O–H groups in total. The van der Waals surface area contributed by atoms with Gasteiger partial charge in [-0.25, -0.2) is 0 Å². The smallest absolute Gasteiger partial charge is 0.0860 e. The van der Waals surface area contributed by atoms with Crippen LogP contribution in [-0.2, 0) is 17.8 Å². The van der Waals surface area contributed by atoms with Gasteiger partial charge in [-0.05, 0) is 13.8 Å². The van der Waals surface area contributed by atoms with Crippen LogP contribution < -0.4 is 5.32 Å². The number of hydrogen-bond donors (Lipinski definition) is 2. The van der Waals surface area contributed by atoms with E-state index in [9.17, 15) is 0 Å². The van der Waals surface area contributed by atoms with Crippen LogP contribution in [0.2, 0.25) is 5.02 Å². The van der Waals surface area contributed by atoms with Crippen molar-refractivity contribution in [2.45, 2.75) is 33.0 Å². The summed E-state index contributed by atoms with van der Waals surface area (Å²) in [6.07, 6.45) is 0. The van der Waals surface area contributed by atoms with Gasteiger partial charge in [0.05, 0.1) is 35.7 Å². The minimum absolute atomic E-state index is 0.0324. The number of ether oxygens (including phenoxy) is 1.